The fourth-order valence-corrected chi connectivity index (χ4v) is 2.21. The van der Waals surface area contributed by atoms with E-state index in [-0.39, 0.29) is 6.04 Å². The Balaban J connectivity index is 2.36. The number of halogens is 4. The Bertz CT molecular complexity index is 582. The molecule has 0 aliphatic heterocycles. The predicted octanol–water partition coefficient (Wildman–Crippen LogP) is 4.06. The van der Waals surface area contributed by atoms with Gasteiger partial charge in [-0.2, -0.15) is 13.2 Å². The largest absolute Gasteiger partial charge is 0.416 e. The van der Waals surface area contributed by atoms with Crippen LogP contribution in [0.15, 0.2) is 42.7 Å². The summed E-state index contributed by atoms with van der Waals surface area (Å²) in [6.45, 7) is 0. The Morgan fingerprint density at radius 3 is 2.30 bits per heavy atom. The monoisotopic (exact) mass is 300 g/mol. The van der Waals surface area contributed by atoms with Crippen LogP contribution in [0, 0.1) is 0 Å². The minimum atomic E-state index is -4.33. The lowest BCUT2D eigenvalue weighted by atomic mass is 9.98. The van der Waals surface area contributed by atoms with Crippen LogP contribution in [0.2, 0.25) is 5.02 Å². The molecule has 1 unspecified atom stereocenters. The Labute approximate surface area is 119 Å². The van der Waals surface area contributed by atoms with Gasteiger partial charge in [0.25, 0.3) is 0 Å². The van der Waals surface area contributed by atoms with E-state index in [1.165, 1.54) is 18.3 Å². The van der Waals surface area contributed by atoms with Crippen LogP contribution in [-0.4, -0.2) is 12.0 Å². The van der Waals surface area contributed by atoms with Crippen LogP contribution in [0.1, 0.15) is 22.7 Å². The van der Waals surface area contributed by atoms with Gasteiger partial charge in [0, 0.05) is 12.4 Å². The van der Waals surface area contributed by atoms with Crippen molar-refractivity contribution in [1.29, 1.82) is 0 Å². The number of nitrogens with zero attached hydrogens (tertiary/aromatic N) is 1. The van der Waals surface area contributed by atoms with Gasteiger partial charge in [-0.05, 0) is 36.4 Å². The highest BCUT2D eigenvalue weighted by Gasteiger charge is 2.30. The summed E-state index contributed by atoms with van der Waals surface area (Å²) in [5.41, 5.74) is 0.800. The first kappa shape index (κ1) is 14.8. The van der Waals surface area contributed by atoms with E-state index < -0.39 is 11.7 Å². The lowest BCUT2D eigenvalue weighted by Gasteiger charge is -2.19. The summed E-state index contributed by atoms with van der Waals surface area (Å²) in [6.07, 6.45) is -1.23. The summed E-state index contributed by atoms with van der Waals surface area (Å²) in [5.74, 6) is 0. The van der Waals surface area contributed by atoms with Gasteiger partial charge in [0.15, 0.2) is 0 Å². The van der Waals surface area contributed by atoms with Crippen LogP contribution in [0.5, 0.6) is 0 Å². The van der Waals surface area contributed by atoms with Crippen LogP contribution in [0.4, 0.5) is 13.2 Å². The summed E-state index contributed by atoms with van der Waals surface area (Å²) >= 11 is 6.07. The van der Waals surface area contributed by atoms with Gasteiger partial charge in [0.1, 0.15) is 0 Å². The lowest BCUT2D eigenvalue weighted by molar-refractivity contribution is -0.137. The van der Waals surface area contributed by atoms with Crippen molar-refractivity contribution in [2.45, 2.75) is 12.2 Å². The second kappa shape index (κ2) is 5.81. The van der Waals surface area contributed by atoms with Gasteiger partial charge in [-0.3, -0.25) is 4.98 Å². The maximum absolute atomic E-state index is 12.5. The highest BCUT2D eigenvalue weighted by molar-refractivity contribution is 6.31. The highest BCUT2D eigenvalue weighted by atomic mass is 35.5. The van der Waals surface area contributed by atoms with Gasteiger partial charge in [-0.1, -0.05) is 23.7 Å². The van der Waals surface area contributed by atoms with Gasteiger partial charge >= 0.3 is 6.18 Å². The molecule has 0 aliphatic rings. The third-order valence-electron chi connectivity index (χ3n) is 2.97. The van der Waals surface area contributed by atoms with Crippen LogP contribution < -0.4 is 5.32 Å². The maximum Gasteiger partial charge on any atom is 0.416 e. The number of pyridine rings is 1. The average Bonchev–Trinajstić information content (AvgIpc) is 2.41. The SMILES string of the molecule is CNC(c1ccc(C(F)(F)F)cc1)c1ccncc1Cl. The van der Waals surface area contributed by atoms with Gasteiger partial charge in [-0.25, -0.2) is 0 Å². The molecular formula is C14H12ClF3N2. The topological polar surface area (TPSA) is 24.9 Å². The number of rotatable bonds is 3. The fourth-order valence-electron chi connectivity index (χ4n) is 1.99. The molecule has 0 spiro atoms. The molecule has 2 rings (SSSR count). The molecule has 1 heterocycles. The fraction of sp³-hybridized carbons (Fsp3) is 0.214. The van der Waals surface area contributed by atoms with Crippen molar-refractivity contribution in [2.75, 3.05) is 7.05 Å². The van der Waals surface area contributed by atoms with E-state index in [2.05, 4.69) is 10.3 Å². The second-order valence-corrected chi connectivity index (χ2v) is 4.65. The second-order valence-electron chi connectivity index (χ2n) is 4.24. The van der Waals surface area contributed by atoms with Crippen molar-refractivity contribution in [3.8, 4) is 0 Å². The normalized spacial score (nSPS) is 13.2. The number of alkyl halides is 3. The summed E-state index contributed by atoms with van der Waals surface area (Å²) in [5, 5.41) is 3.50. The molecule has 2 aromatic rings. The number of nitrogens with one attached hydrogen (secondary N) is 1. The predicted molar refractivity (Wildman–Crippen MR) is 71.6 cm³/mol. The van der Waals surface area contributed by atoms with Gasteiger partial charge in [-0.15, -0.1) is 0 Å². The first-order valence-corrected chi connectivity index (χ1v) is 6.25. The zero-order valence-electron chi connectivity index (χ0n) is 10.6. The number of benzene rings is 1. The molecule has 0 radical (unpaired) electrons. The molecule has 0 saturated carbocycles. The Morgan fingerprint density at radius 1 is 1.15 bits per heavy atom. The van der Waals surface area contributed by atoms with Crippen LogP contribution in [-0.2, 0) is 6.18 Å². The van der Waals surface area contributed by atoms with Crippen molar-refractivity contribution < 1.29 is 13.2 Å². The van der Waals surface area contributed by atoms with Crippen molar-refractivity contribution in [3.63, 3.8) is 0 Å². The van der Waals surface area contributed by atoms with Crippen LogP contribution in [0.25, 0.3) is 0 Å². The van der Waals surface area contributed by atoms with Crippen molar-refractivity contribution in [3.05, 3.63) is 64.4 Å². The van der Waals surface area contributed by atoms with Crippen LogP contribution >= 0.6 is 11.6 Å². The van der Waals surface area contributed by atoms with E-state index in [0.717, 1.165) is 17.7 Å². The summed E-state index contributed by atoms with van der Waals surface area (Å²) < 4.78 is 37.6. The molecule has 0 bridgehead atoms. The standard InChI is InChI=1S/C14H12ClF3N2/c1-19-13(11-6-7-20-8-12(11)15)9-2-4-10(5-3-9)14(16,17)18/h2-8,13,19H,1H3. The third-order valence-corrected chi connectivity index (χ3v) is 3.29. The Kier molecular flexibility index (Phi) is 4.30. The number of hydrogen-bond donors (Lipinski definition) is 1. The minimum absolute atomic E-state index is 0.284. The molecule has 1 aromatic carbocycles. The number of aromatic nitrogens is 1. The van der Waals surface area contributed by atoms with Crippen molar-refractivity contribution >= 4 is 11.6 Å². The van der Waals surface area contributed by atoms with Gasteiger partial charge in [0.05, 0.1) is 16.6 Å². The third kappa shape index (κ3) is 3.11. The van der Waals surface area contributed by atoms with Crippen molar-refractivity contribution in [2.24, 2.45) is 0 Å². The smallest absolute Gasteiger partial charge is 0.309 e. The molecular weight excluding hydrogens is 289 g/mol. The zero-order valence-corrected chi connectivity index (χ0v) is 11.3. The van der Waals surface area contributed by atoms with E-state index in [0.29, 0.717) is 10.6 Å². The molecule has 0 aliphatic carbocycles. The first-order valence-electron chi connectivity index (χ1n) is 5.87. The summed E-state index contributed by atoms with van der Waals surface area (Å²) in [6, 6.07) is 6.47. The molecule has 20 heavy (non-hydrogen) atoms. The molecule has 106 valence electrons. The maximum atomic E-state index is 12.5. The molecule has 1 aromatic heterocycles. The Morgan fingerprint density at radius 2 is 1.80 bits per heavy atom. The molecule has 1 N–H and O–H groups in total. The summed E-state index contributed by atoms with van der Waals surface area (Å²) in [4.78, 5) is 3.89. The van der Waals surface area contributed by atoms with E-state index in [9.17, 15) is 13.2 Å². The molecule has 1 atom stereocenters. The quantitative estimate of drug-likeness (QED) is 0.924. The van der Waals surface area contributed by atoms with E-state index in [4.69, 9.17) is 11.6 Å². The lowest BCUT2D eigenvalue weighted by Crippen LogP contribution is -2.18. The van der Waals surface area contributed by atoms with Gasteiger partial charge in [0.2, 0.25) is 0 Å². The van der Waals surface area contributed by atoms with Crippen molar-refractivity contribution in [1.82, 2.24) is 10.3 Å². The average molecular weight is 301 g/mol. The summed E-state index contributed by atoms with van der Waals surface area (Å²) in [7, 11) is 1.72. The zero-order chi connectivity index (χ0) is 14.8. The molecule has 0 saturated heterocycles. The molecule has 2 nitrogen and oxygen atoms in total. The Hall–Kier alpha value is -1.59. The van der Waals surface area contributed by atoms with Gasteiger partial charge < -0.3 is 5.32 Å². The highest BCUT2D eigenvalue weighted by Crippen LogP contribution is 2.32. The first-order chi connectivity index (χ1) is 9.43. The van der Waals surface area contributed by atoms with E-state index >= 15 is 0 Å². The number of hydrogen-bond acceptors (Lipinski definition) is 2. The van der Waals surface area contributed by atoms with E-state index in [1.54, 1.807) is 19.3 Å². The van der Waals surface area contributed by atoms with Crippen LogP contribution in [0.3, 0.4) is 0 Å². The molecule has 0 fully saturated rings. The molecule has 6 heteroatoms. The van der Waals surface area contributed by atoms with E-state index in [1.807, 2.05) is 0 Å². The molecule has 0 amide bonds. The minimum Gasteiger partial charge on any atom is -0.309 e.